The largest absolute Gasteiger partial charge is 0.250 e. The van der Waals surface area contributed by atoms with Crippen molar-refractivity contribution >= 4 is 34.5 Å². The number of hydrogen-bond acceptors (Lipinski definition) is 2. The highest BCUT2D eigenvalue weighted by molar-refractivity contribution is 14.1. The van der Waals surface area contributed by atoms with E-state index in [1.54, 1.807) is 11.9 Å². The first kappa shape index (κ1) is 8.36. The molecule has 0 aliphatic heterocycles. The summed E-state index contributed by atoms with van der Waals surface area (Å²) < 4.78 is 4.14. The zero-order valence-electron chi connectivity index (χ0n) is 5.38. The number of benzene rings is 1. The van der Waals surface area contributed by atoms with Gasteiger partial charge in [0.05, 0.1) is 4.55 Å². The molecule has 0 heterocycles. The number of hydrogen-bond donors (Lipinski definition) is 1. The van der Waals surface area contributed by atoms with Crippen molar-refractivity contribution in [2.45, 2.75) is 4.90 Å². The van der Waals surface area contributed by atoms with E-state index < -0.39 is 0 Å². The molecule has 1 nitrogen and oxygen atoms in total. The molecule has 0 saturated heterocycles. The Labute approximate surface area is 78.9 Å². The predicted molar refractivity (Wildman–Crippen MR) is 54.3 cm³/mol. The monoisotopic (exact) mass is 265 g/mol. The molecular formula is C7H8INS. The smallest absolute Gasteiger partial charge is 0.0581 e. The van der Waals surface area contributed by atoms with Crippen LogP contribution in [-0.4, -0.2) is 4.55 Å². The third kappa shape index (κ3) is 2.90. The van der Waals surface area contributed by atoms with Crippen molar-refractivity contribution < 1.29 is 0 Å². The van der Waals surface area contributed by atoms with E-state index >= 15 is 0 Å². The molecule has 0 atom stereocenters. The van der Waals surface area contributed by atoms with Gasteiger partial charge in [-0.1, -0.05) is 40.8 Å². The molecule has 10 heavy (non-hydrogen) atoms. The summed E-state index contributed by atoms with van der Waals surface area (Å²) in [5.74, 6) is 0. The van der Waals surface area contributed by atoms with Gasteiger partial charge in [0, 0.05) is 4.90 Å². The fourth-order valence-electron chi connectivity index (χ4n) is 0.599. The summed E-state index contributed by atoms with van der Waals surface area (Å²) in [7, 11) is 0. The van der Waals surface area contributed by atoms with Gasteiger partial charge in [-0.05, 0) is 24.1 Å². The first-order chi connectivity index (χ1) is 4.93. The second-order valence-electron chi connectivity index (χ2n) is 1.69. The van der Waals surface area contributed by atoms with E-state index in [2.05, 4.69) is 39.4 Å². The van der Waals surface area contributed by atoms with Crippen LogP contribution in [0.1, 0.15) is 0 Å². The quantitative estimate of drug-likeness (QED) is 0.390. The Morgan fingerprint density at radius 3 is 2.60 bits per heavy atom. The maximum atomic E-state index is 3.17. The summed E-state index contributed by atoms with van der Waals surface area (Å²) in [4.78, 5) is 1.26. The van der Waals surface area contributed by atoms with Crippen LogP contribution >= 0.6 is 34.5 Å². The third-order valence-electron chi connectivity index (χ3n) is 0.988. The predicted octanol–water partition coefficient (Wildman–Crippen LogP) is 2.68. The molecule has 0 radical (unpaired) electrons. The summed E-state index contributed by atoms with van der Waals surface area (Å²) in [6.45, 7) is 0. The maximum absolute atomic E-state index is 3.17. The van der Waals surface area contributed by atoms with Crippen LogP contribution in [0.4, 0.5) is 0 Å². The van der Waals surface area contributed by atoms with Crippen LogP contribution in [0.3, 0.4) is 0 Å². The van der Waals surface area contributed by atoms with Gasteiger partial charge >= 0.3 is 0 Å². The lowest BCUT2D eigenvalue weighted by Gasteiger charge is -1.97. The van der Waals surface area contributed by atoms with Crippen molar-refractivity contribution in [3.8, 4) is 0 Å². The van der Waals surface area contributed by atoms with Gasteiger partial charge in [0.2, 0.25) is 0 Å². The Morgan fingerprint density at radius 1 is 1.30 bits per heavy atom. The summed E-state index contributed by atoms with van der Waals surface area (Å²) in [6, 6.07) is 10.3. The highest BCUT2D eigenvalue weighted by Gasteiger charge is 1.87. The van der Waals surface area contributed by atoms with Crippen molar-refractivity contribution in [1.29, 1.82) is 0 Å². The van der Waals surface area contributed by atoms with Crippen molar-refractivity contribution in [3.05, 3.63) is 30.3 Å². The summed E-state index contributed by atoms with van der Waals surface area (Å²) in [5, 5.41) is 0. The summed E-state index contributed by atoms with van der Waals surface area (Å²) >= 11 is 3.95. The third-order valence-corrected chi connectivity index (χ3v) is 2.68. The second-order valence-corrected chi connectivity index (χ2v) is 3.42. The van der Waals surface area contributed by atoms with Crippen LogP contribution < -0.4 is 4.72 Å². The topological polar surface area (TPSA) is 12.0 Å². The molecule has 3 heteroatoms. The molecule has 0 fully saturated rings. The van der Waals surface area contributed by atoms with Crippen LogP contribution in [-0.2, 0) is 0 Å². The lowest BCUT2D eigenvalue weighted by Crippen LogP contribution is -1.96. The van der Waals surface area contributed by atoms with Crippen molar-refractivity contribution in [2.75, 3.05) is 4.55 Å². The van der Waals surface area contributed by atoms with Crippen LogP contribution in [0, 0.1) is 0 Å². The van der Waals surface area contributed by atoms with Gasteiger partial charge in [-0.15, -0.1) is 0 Å². The number of rotatable bonds is 3. The van der Waals surface area contributed by atoms with Gasteiger partial charge in [0.1, 0.15) is 0 Å². The lowest BCUT2D eigenvalue weighted by molar-refractivity contribution is 1.26. The maximum Gasteiger partial charge on any atom is 0.0581 e. The highest BCUT2D eigenvalue weighted by Crippen LogP contribution is 2.12. The Morgan fingerprint density at radius 2 is 2.00 bits per heavy atom. The molecule has 1 N–H and O–H groups in total. The summed E-state index contributed by atoms with van der Waals surface area (Å²) in [6.07, 6.45) is 0. The minimum Gasteiger partial charge on any atom is -0.250 e. The van der Waals surface area contributed by atoms with Crippen molar-refractivity contribution in [3.63, 3.8) is 0 Å². The molecule has 1 aromatic rings. The van der Waals surface area contributed by atoms with E-state index in [1.165, 1.54) is 4.90 Å². The molecular weight excluding hydrogens is 257 g/mol. The van der Waals surface area contributed by atoms with Gasteiger partial charge in [-0.25, -0.2) is 0 Å². The van der Waals surface area contributed by atoms with E-state index in [0.717, 1.165) is 4.55 Å². The van der Waals surface area contributed by atoms with E-state index in [9.17, 15) is 0 Å². The molecule has 0 aromatic heterocycles. The van der Waals surface area contributed by atoms with Crippen molar-refractivity contribution in [2.24, 2.45) is 0 Å². The highest BCUT2D eigenvalue weighted by atomic mass is 127. The minimum absolute atomic E-state index is 0.970. The fourth-order valence-corrected chi connectivity index (χ4v) is 1.58. The van der Waals surface area contributed by atoms with Crippen LogP contribution in [0.2, 0.25) is 0 Å². The van der Waals surface area contributed by atoms with Crippen molar-refractivity contribution in [1.82, 2.24) is 4.72 Å². The average Bonchev–Trinajstić information content (AvgIpc) is 2.03. The van der Waals surface area contributed by atoms with E-state index in [1.807, 2.05) is 18.2 Å². The lowest BCUT2D eigenvalue weighted by atomic mass is 10.4. The molecule has 0 aliphatic carbocycles. The molecule has 0 spiro atoms. The fraction of sp³-hybridized carbons (Fsp3) is 0.143. The zero-order valence-corrected chi connectivity index (χ0v) is 8.35. The molecule has 54 valence electrons. The molecule has 0 saturated carbocycles. The Bertz CT molecular complexity index is 178. The second kappa shape index (κ2) is 4.98. The van der Waals surface area contributed by atoms with Gasteiger partial charge in [0.25, 0.3) is 0 Å². The van der Waals surface area contributed by atoms with Gasteiger partial charge in [-0.3, -0.25) is 4.72 Å². The summed E-state index contributed by atoms with van der Waals surface area (Å²) in [5.41, 5.74) is 0. The Balaban J connectivity index is 2.43. The minimum atomic E-state index is 0.970. The standard InChI is InChI=1S/C7H8INS/c8-6-9-10-7-4-2-1-3-5-7/h1-5,9H,6H2. The molecule has 0 bridgehead atoms. The average molecular weight is 265 g/mol. The zero-order chi connectivity index (χ0) is 7.23. The number of alkyl halides is 1. The van der Waals surface area contributed by atoms with Gasteiger partial charge in [0.15, 0.2) is 0 Å². The first-order valence-electron chi connectivity index (χ1n) is 2.94. The van der Waals surface area contributed by atoms with Crippen LogP contribution in [0.15, 0.2) is 35.2 Å². The number of nitrogens with one attached hydrogen (secondary N) is 1. The van der Waals surface area contributed by atoms with E-state index in [-0.39, 0.29) is 0 Å². The van der Waals surface area contributed by atoms with Gasteiger partial charge < -0.3 is 0 Å². The Kier molecular flexibility index (Phi) is 4.16. The normalized spacial score (nSPS) is 9.70. The Hall–Kier alpha value is 0.260. The van der Waals surface area contributed by atoms with Gasteiger partial charge in [-0.2, -0.15) is 0 Å². The molecule has 1 aromatic carbocycles. The van der Waals surface area contributed by atoms with E-state index in [0.29, 0.717) is 0 Å². The van der Waals surface area contributed by atoms with E-state index in [4.69, 9.17) is 0 Å². The number of halogens is 1. The molecule has 0 amide bonds. The molecule has 1 rings (SSSR count). The van der Waals surface area contributed by atoms with Crippen LogP contribution in [0.5, 0.6) is 0 Å². The SMILES string of the molecule is ICNSc1ccccc1. The van der Waals surface area contributed by atoms with Crippen LogP contribution in [0.25, 0.3) is 0 Å². The molecule has 0 unspecified atom stereocenters. The molecule has 0 aliphatic rings. The first-order valence-corrected chi connectivity index (χ1v) is 5.28.